The van der Waals surface area contributed by atoms with Crippen LogP contribution < -0.4 is 0 Å². The van der Waals surface area contributed by atoms with Crippen LogP contribution in [0.4, 0.5) is 0 Å². The van der Waals surface area contributed by atoms with Crippen molar-refractivity contribution in [2.24, 2.45) is 11.8 Å². The van der Waals surface area contributed by atoms with Crippen LogP contribution in [-0.2, 0) is 0 Å². The molecule has 1 rings (SSSR count). The summed E-state index contributed by atoms with van der Waals surface area (Å²) < 4.78 is 0. The fraction of sp³-hybridized carbons (Fsp3) is 0.500. The molecule has 0 aliphatic rings. The van der Waals surface area contributed by atoms with Crippen LogP contribution in [-0.4, -0.2) is 5.11 Å². The van der Waals surface area contributed by atoms with Crippen molar-refractivity contribution in [2.75, 3.05) is 0 Å². The van der Waals surface area contributed by atoms with Crippen LogP contribution in [0.5, 0.6) is 0 Å². The molecule has 0 aliphatic carbocycles. The average molecular weight is 213 g/mol. The first kappa shape index (κ1) is 11.5. The number of hydrogen-bond donors (Lipinski definition) is 1. The second-order valence-corrected chi connectivity index (χ2v) is 4.54. The lowest BCUT2D eigenvalue weighted by atomic mass is 9.88. The van der Waals surface area contributed by atoms with Crippen molar-refractivity contribution in [2.45, 2.75) is 26.9 Å². The molecule has 14 heavy (non-hydrogen) atoms. The highest BCUT2D eigenvalue weighted by molar-refractivity contribution is 6.30. The molecule has 0 saturated heterocycles. The Hall–Kier alpha value is -0.530. The van der Waals surface area contributed by atoms with Crippen molar-refractivity contribution < 1.29 is 5.11 Å². The van der Waals surface area contributed by atoms with Gasteiger partial charge in [-0.1, -0.05) is 44.5 Å². The van der Waals surface area contributed by atoms with Gasteiger partial charge < -0.3 is 5.11 Å². The lowest BCUT2D eigenvalue weighted by Gasteiger charge is -2.22. The summed E-state index contributed by atoms with van der Waals surface area (Å²) in [6.07, 6.45) is -0.396. The van der Waals surface area contributed by atoms with Crippen LogP contribution in [0.15, 0.2) is 24.3 Å². The molecule has 0 aliphatic heterocycles. The Morgan fingerprint density at radius 1 is 1.07 bits per heavy atom. The second-order valence-electron chi connectivity index (χ2n) is 4.10. The number of halogens is 1. The van der Waals surface area contributed by atoms with Gasteiger partial charge in [-0.2, -0.15) is 0 Å². The standard InChI is InChI=1S/C12H17ClO/c1-8(2)9(3)12(14)10-4-6-11(13)7-5-10/h4-9,12,14H,1-3H3. The van der Waals surface area contributed by atoms with E-state index in [9.17, 15) is 5.11 Å². The summed E-state index contributed by atoms with van der Waals surface area (Å²) in [4.78, 5) is 0. The highest BCUT2D eigenvalue weighted by Gasteiger charge is 2.18. The van der Waals surface area contributed by atoms with E-state index >= 15 is 0 Å². The summed E-state index contributed by atoms with van der Waals surface area (Å²) in [6, 6.07) is 7.39. The van der Waals surface area contributed by atoms with Gasteiger partial charge in [0.1, 0.15) is 0 Å². The molecule has 2 unspecified atom stereocenters. The summed E-state index contributed by atoms with van der Waals surface area (Å²) in [5, 5.41) is 10.7. The van der Waals surface area contributed by atoms with Gasteiger partial charge in [0.25, 0.3) is 0 Å². The Morgan fingerprint density at radius 3 is 2.00 bits per heavy atom. The first-order valence-corrected chi connectivity index (χ1v) is 5.33. The third kappa shape index (κ3) is 2.73. The third-order valence-electron chi connectivity index (χ3n) is 2.76. The van der Waals surface area contributed by atoms with E-state index in [1.54, 1.807) is 0 Å². The molecular weight excluding hydrogens is 196 g/mol. The van der Waals surface area contributed by atoms with E-state index < -0.39 is 6.10 Å². The minimum Gasteiger partial charge on any atom is -0.388 e. The van der Waals surface area contributed by atoms with Gasteiger partial charge in [0.2, 0.25) is 0 Å². The van der Waals surface area contributed by atoms with Crippen molar-refractivity contribution in [3.8, 4) is 0 Å². The van der Waals surface area contributed by atoms with Gasteiger partial charge in [-0.05, 0) is 29.5 Å². The van der Waals surface area contributed by atoms with E-state index in [4.69, 9.17) is 11.6 Å². The van der Waals surface area contributed by atoms with Gasteiger partial charge >= 0.3 is 0 Å². The van der Waals surface area contributed by atoms with Crippen LogP contribution in [0.3, 0.4) is 0 Å². The van der Waals surface area contributed by atoms with Gasteiger partial charge in [0.05, 0.1) is 6.10 Å². The number of rotatable bonds is 3. The maximum Gasteiger partial charge on any atom is 0.0818 e. The predicted molar refractivity (Wildman–Crippen MR) is 60.4 cm³/mol. The molecule has 0 saturated carbocycles. The van der Waals surface area contributed by atoms with E-state index in [2.05, 4.69) is 20.8 Å². The van der Waals surface area contributed by atoms with Crippen molar-refractivity contribution in [3.05, 3.63) is 34.9 Å². The van der Waals surface area contributed by atoms with Crippen molar-refractivity contribution in [1.29, 1.82) is 0 Å². The van der Waals surface area contributed by atoms with Crippen LogP contribution in [0, 0.1) is 11.8 Å². The molecule has 0 fully saturated rings. The zero-order valence-electron chi connectivity index (χ0n) is 8.87. The molecule has 1 aromatic rings. The number of aliphatic hydroxyl groups excluding tert-OH is 1. The van der Waals surface area contributed by atoms with Gasteiger partial charge in [0, 0.05) is 5.02 Å². The molecule has 2 atom stereocenters. The largest absolute Gasteiger partial charge is 0.388 e. The van der Waals surface area contributed by atoms with Gasteiger partial charge in [-0.15, -0.1) is 0 Å². The van der Waals surface area contributed by atoms with E-state index in [0.29, 0.717) is 10.9 Å². The summed E-state index contributed by atoms with van der Waals surface area (Å²) in [7, 11) is 0. The highest BCUT2D eigenvalue weighted by Crippen LogP contribution is 2.27. The normalized spacial score (nSPS) is 15.6. The number of hydrogen-bond acceptors (Lipinski definition) is 1. The first-order chi connectivity index (χ1) is 6.52. The molecule has 0 bridgehead atoms. The molecule has 78 valence electrons. The highest BCUT2D eigenvalue weighted by atomic mass is 35.5. The van der Waals surface area contributed by atoms with Crippen molar-refractivity contribution in [1.82, 2.24) is 0 Å². The molecule has 1 nitrogen and oxygen atoms in total. The molecule has 1 aromatic carbocycles. The van der Waals surface area contributed by atoms with Gasteiger partial charge in [-0.3, -0.25) is 0 Å². The lowest BCUT2D eigenvalue weighted by Crippen LogP contribution is -2.14. The maximum atomic E-state index is 10.0. The van der Waals surface area contributed by atoms with E-state index in [-0.39, 0.29) is 5.92 Å². The molecule has 0 amide bonds. The quantitative estimate of drug-likeness (QED) is 0.811. The van der Waals surface area contributed by atoms with Crippen LogP contribution in [0.1, 0.15) is 32.4 Å². The van der Waals surface area contributed by atoms with Crippen LogP contribution >= 0.6 is 11.6 Å². The fourth-order valence-electron chi connectivity index (χ4n) is 1.33. The summed E-state index contributed by atoms with van der Waals surface area (Å²) in [5.41, 5.74) is 0.940. The Morgan fingerprint density at radius 2 is 1.57 bits per heavy atom. The Kier molecular flexibility index (Phi) is 3.97. The monoisotopic (exact) mass is 212 g/mol. The van der Waals surface area contributed by atoms with Crippen LogP contribution in [0.2, 0.25) is 5.02 Å². The van der Waals surface area contributed by atoms with E-state index in [1.165, 1.54) is 0 Å². The number of aliphatic hydroxyl groups is 1. The first-order valence-electron chi connectivity index (χ1n) is 4.96. The lowest BCUT2D eigenvalue weighted by molar-refractivity contribution is 0.0921. The molecule has 1 N–H and O–H groups in total. The topological polar surface area (TPSA) is 20.2 Å². The smallest absolute Gasteiger partial charge is 0.0818 e. The van der Waals surface area contributed by atoms with E-state index in [0.717, 1.165) is 5.56 Å². The average Bonchev–Trinajstić information content (AvgIpc) is 2.16. The van der Waals surface area contributed by atoms with E-state index in [1.807, 2.05) is 24.3 Å². The van der Waals surface area contributed by atoms with Gasteiger partial charge in [0.15, 0.2) is 0 Å². The minimum absolute atomic E-state index is 0.260. The van der Waals surface area contributed by atoms with Crippen molar-refractivity contribution >= 4 is 11.6 Å². The Bertz CT molecular complexity index is 279. The fourth-order valence-corrected chi connectivity index (χ4v) is 1.45. The minimum atomic E-state index is -0.396. The molecular formula is C12H17ClO. The predicted octanol–water partition coefficient (Wildman–Crippen LogP) is 3.67. The molecule has 0 aromatic heterocycles. The van der Waals surface area contributed by atoms with Crippen LogP contribution in [0.25, 0.3) is 0 Å². The summed E-state index contributed by atoms with van der Waals surface area (Å²) in [5.74, 6) is 0.733. The molecule has 0 spiro atoms. The maximum absolute atomic E-state index is 10.0. The SMILES string of the molecule is CC(C)C(C)C(O)c1ccc(Cl)cc1. The van der Waals surface area contributed by atoms with Crippen molar-refractivity contribution in [3.63, 3.8) is 0 Å². The molecule has 0 radical (unpaired) electrons. The number of benzene rings is 1. The second kappa shape index (κ2) is 4.81. The zero-order valence-corrected chi connectivity index (χ0v) is 9.62. The third-order valence-corrected chi connectivity index (χ3v) is 3.01. The zero-order chi connectivity index (χ0) is 10.7. The molecule has 2 heteroatoms. The summed E-state index contributed by atoms with van der Waals surface area (Å²) in [6.45, 7) is 6.29. The summed E-state index contributed by atoms with van der Waals surface area (Å²) >= 11 is 5.78. The Labute approximate surface area is 90.7 Å². The molecule has 0 heterocycles. The Balaban J connectivity index is 2.78. The van der Waals surface area contributed by atoms with Gasteiger partial charge in [-0.25, -0.2) is 0 Å².